The van der Waals surface area contributed by atoms with Crippen LogP contribution in [0, 0.1) is 0 Å². The molecule has 28 heavy (non-hydrogen) atoms. The molecule has 10 heteroatoms. The molecule has 1 saturated heterocycles. The number of carbonyl (C=O) groups excluding carboxylic acids is 1. The maximum absolute atomic E-state index is 11.6. The smallest absolute Gasteiger partial charge is 0.325 e. The summed E-state index contributed by atoms with van der Waals surface area (Å²) in [6, 6.07) is 1.09. The number of aromatic amines is 3. The maximum atomic E-state index is 11.6. The van der Waals surface area contributed by atoms with Gasteiger partial charge in [0.2, 0.25) is 5.91 Å². The minimum atomic E-state index is -0.534. The van der Waals surface area contributed by atoms with Gasteiger partial charge in [-0.25, -0.2) is 9.78 Å². The molecule has 1 aliphatic heterocycles. The molecule has 2 aromatic heterocycles. The van der Waals surface area contributed by atoms with Crippen LogP contribution in [0.25, 0.3) is 0 Å². The predicted octanol–water partition coefficient (Wildman–Crippen LogP) is -0.537. The minimum Gasteiger partial charge on any atom is -0.368 e. The highest BCUT2D eigenvalue weighted by Gasteiger charge is 2.30. The van der Waals surface area contributed by atoms with Crippen molar-refractivity contribution < 1.29 is 4.79 Å². The van der Waals surface area contributed by atoms with Gasteiger partial charge in [-0.1, -0.05) is 13.8 Å². The number of hydrogen-bond acceptors (Lipinski definition) is 6. The number of carbonyl (C=O) groups is 1. The molecule has 1 fully saturated rings. The largest absolute Gasteiger partial charge is 0.368 e. The molecule has 10 nitrogen and oxygen atoms in total. The molecule has 2 atom stereocenters. The molecule has 0 aromatic carbocycles. The van der Waals surface area contributed by atoms with Gasteiger partial charge in [-0.15, -0.1) is 0 Å². The van der Waals surface area contributed by atoms with Gasteiger partial charge in [0.25, 0.3) is 5.56 Å². The summed E-state index contributed by atoms with van der Waals surface area (Å²) < 4.78 is 0. The van der Waals surface area contributed by atoms with Crippen molar-refractivity contribution in [2.45, 2.75) is 51.7 Å². The number of imidazole rings is 1. The Morgan fingerprint density at radius 3 is 2.79 bits per heavy atom. The van der Waals surface area contributed by atoms with Crippen molar-refractivity contribution in [3.8, 4) is 0 Å². The fourth-order valence-corrected chi connectivity index (χ4v) is 3.38. The number of aromatic nitrogens is 4. The SMILES string of the molecule is CC.NC(=O)C1CCCN1CC(Cc1cnc[nH]1)NCc1cc(=O)[nH]c(=O)[nH]1. The number of nitrogens with two attached hydrogens (primary N) is 1. The lowest BCUT2D eigenvalue weighted by Crippen LogP contribution is -2.48. The molecule has 154 valence electrons. The van der Waals surface area contributed by atoms with Gasteiger partial charge in [0.1, 0.15) is 0 Å². The molecule has 2 unspecified atom stereocenters. The van der Waals surface area contributed by atoms with Crippen molar-refractivity contribution in [2.75, 3.05) is 13.1 Å². The van der Waals surface area contributed by atoms with E-state index in [4.69, 9.17) is 5.73 Å². The van der Waals surface area contributed by atoms with E-state index in [0.717, 1.165) is 25.1 Å². The predicted molar refractivity (Wildman–Crippen MR) is 106 cm³/mol. The molecule has 0 radical (unpaired) electrons. The van der Waals surface area contributed by atoms with Crippen LogP contribution >= 0.6 is 0 Å². The lowest BCUT2D eigenvalue weighted by Gasteiger charge is -2.28. The summed E-state index contributed by atoms with van der Waals surface area (Å²) in [5.41, 5.74) is 5.98. The first-order valence-electron chi connectivity index (χ1n) is 9.58. The van der Waals surface area contributed by atoms with E-state index >= 15 is 0 Å². The van der Waals surface area contributed by atoms with Crippen LogP contribution in [0.15, 0.2) is 28.2 Å². The fraction of sp³-hybridized carbons (Fsp3) is 0.556. The van der Waals surface area contributed by atoms with Crippen LogP contribution < -0.4 is 22.3 Å². The van der Waals surface area contributed by atoms with Gasteiger partial charge in [-0.3, -0.25) is 19.5 Å². The van der Waals surface area contributed by atoms with Gasteiger partial charge in [0.05, 0.1) is 12.4 Å². The first-order valence-corrected chi connectivity index (χ1v) is 9.58. The average molecular weight is 391 g/mol. The number of primary amides is 1. The molecule has 1 aliphatic rings. The average Bonchev–Trinajstić information content (AvgIpc) is 3.32. The Hall–Kier alpha value is -2.72. The van der Waals surface area contributed by atoms with Crippen molar-refractivity contribution >= 4 is 5.91 Å². The molecule has 0 spiro atoms. The normalized spacial score (nSPS) is 17.7. The zero-order chi connectivity index (χ0) is 20.5. The summed E-state index contributed by atoms with van der Waals surface area (Å²) in [5, 5.41) is 3.35. The topological polar surface area (TPSA) is 153 Å². The van der Waals surface area contributed by atoms with Gasteiger partial charge in [-0.2, -0.15) is 0 Å². The third-order valence-electron chi connectivity index (χ3n) is 4.57. The number of amides is 1. The Morgan fingerprint density at radius 2 is 2.14 bits per heavy atom. The fourth-order valence-electron chi connectivity index (χ4n) is 3.38. The molecule has 3 heterocycles. The van der Waals surface area contributed by atoms with Gasteiger partial charge in [-0.05, 0) is 19.4 Å². The summed E-state index contributed by atoms with van der Waals surface area (Å²) in [4.78, 5) is 48.4. The van der Waals surface area contributed by atoms with Crippen LogP contribution in [0.2, 0.25) is 0 Å². The van der Waals surface area contributed by atoms with Gasteiger partial charge in [0.15, 0.2) is 0 Å². The van der Waals surface area contributed by atoms with E-state index < -0.39 is 11.2 Å². The number of likely N-dealkylation sites (tertiary alicyclic amines) is 1. The van der Waals surface area contributed by atoms with E-state index in [-0.39, 0.29) is 18.0 Å². The second-order valence-corrected chi connectivity index (χ2v) is 6.53. The van der Waals surface area contributed by atoms with Crippen LogP contribution in [0.3, 0.4) is 0 Å². The molecular formula is C18H29N7O3. The van der Waals surface area contributed by atoms with E-state index in [1.54, 1.807) is 12.5 Å². The lowest BCUT2D eigenvalue weighted by molar-refractivity contribution is -0.122. The first-order chi connectivity index (χ1) is 13.5. The molecule has 0 saturated carbocycles. The Morgan fingerprint density at radius 1 is 1.36 bits per heavy atom. The van der Waals surface area contributed by atoms with Crippen LogP contribution in [0.4, 0.5) is 0 Å². The van der Waals surface area contributed by atoms with Crippen molar-refractivity contribution in [3.63, 3.8) is 0 Å². The van der Waals surface area contributed by atoms with Gasteiger partial charge >= 0.3 is 5.69 Å². The maximum Gasteiger partial charge on any atom is 0.325 e. The molecule has 2 aromatic rings. The highest BCUT2D eigenvalue weighted by Crippen LogP contribution is 2.17. The Kier molecular flexibility index (Phi) is 8.15. The molecule has 6 N–H and O–H groups in total. The summed E-state index contributed by atoms with van der Waals surface area (Å²) in [6.45, 7) is 5.77. The highest BCUT2D eigenvalue weighted by atomic mass is 16.2. The van der Waals surface area contributed by atoms with Crippen molar-refractivity contribution in [1.82, 2.24) is 30.2 Å². The van der Waals surface area contributed by atoms with Crippen LogP contribution in [0.1, 0.15) is 38.1 Å². The number of rotatable bonds is 8. The molecule has 1 amide bonds. The summed E-state index contributed by atoms with van der Waals surface area (Å²) in [7, 11) is 0. The molecule has 3 rings (SSSR count). The number of nitrogens with zero attached hydrogens (tertiary/aromatic N) is 2. The summed E-state index contributed by atoms with van der Waals surface area (Å²) >= 11 is 0. The van der Waals surface area contributed by atoms with Crippen LogP contribution in [-0.2, 0) is 17.8 Å². The zero-order valence-corrected chi connectivity index (χ0v) is 16.3. The van der Waals surface area contributed by atoms with E-state index in [9.17, 15) is 14.4 Å². The zero-order valence-electron chi connectivity index (χ0n) is 16.3. The third kappa shape index (κ3) is 6.17. The number of H-pyrrole nitrogens is 3. The van der Waals surface area contributed by atoms with E-state index in [2.05, 4.69) is 30.2 Å². The number of nitrogens with one attached hydrogen (secondary N) is 4. The molecule has 0 bridgehead atoms. The molecule has 0 aliphatic carbocycles. The monoisotopic (exact) mass is 391 g/mol. The second kappa shape index (κ2) is 10.6. The molecular weight excluding hydrogens is 362 g/mol. The summed E-state index contributed by atoms with van der Waals surface area (Å²) in [5.74, 6) is -0.304. The minimum absolute atomic E-state index is 0.0156. The Labute approximate surface area is 163 Å². The van der Waals surface area contributed by atoms with E-state index in [1.807, 2.05) is 13.8 Å². The van der Waals surface area contributed by atoms with Crippen LogP contribution in [-0.4, -0.2) is 55.9 Å². The quantitative estimate of drug-likeness (QED) is 0.407. The van der Waals surface area contributed by atoms with Gasteiger partial charge in [0, 0.05) is 49.2 Å². The Bertz CT molecular complexity index is 815. The lowest BCUT2D eigenvalue weighted by atomic mass is 10.1. The highest BCUT2D eigenvalue weighted by molar-refractivity contribution is 5.80. The Balaban J connectivity index is 0.00000136. The van der Waals surface area contributed by atoms with Crippen molar-refractivity contribution in [1.29, 1.82) is 0 Å². The third-order valence-corrected chi connectivity index (χ3v) is 4.57. The standard InChI is InChI=1S/C16H23N7O3.C2H6/c17-15(25)13-2-1-3-23(13)8-12(4-10-6-18-9-20-10)19-7-11-5-14(24)22-16(26)21-11;1-2/h5-6,9,12-13,19H,1-4,7-8H2,(H2,17,25)(H,18,20)(H2,21,22,24,26);1-2H3. The summed E-state index contributed by atoms with van der Waals surface area (Å²) in [6.07, 6.45) is 5.73. The van der Waals surface area contributed by atoms with Gasteiger partial charge < -0.3 is 21.0 Å². The van der Waals surface area contributed by atoms with Crippen molar-refractivity contribution in [3.05, 3.63) is 50.8 Å². The van der Waals surface area contributed by atoms with E-state index in [0.29, 0.717) is 25.2 Å². The number of hydrogen-bond donors (Lipinski definition) is 5. The van der Waals surface area contributed by atoms with Crippen LogP contribution in [0.5, 0.6) is 0 Å². The van der Waals surface area contributed by atoms with Crippen molar-refractivity contribution in [2.24, 2.45) is 5.73 Å². The second-order valence-electron chi connectivity index (χ2n) is 6.53. The van der Waals surface area contributed by atoms with E-state index in [1.165, 1.54) is 6.07 Å². The first kappa shape index (κ1) is 21.6.